The van der Waals surface area contributed by atoms with Gasteiger partial charge in [-0.25, -0.2) is 4.99 Å². The van der Waals surface area contributed by atoms with Gasteiger partial charge in [-0.2, -0.15) is 0 Å². The fraction of sp³-hybridized carbons (Fsp3) is 0. The number of amidine groups is 1. The molecular formula is C22H14Cl2N2O. The molecule has 0 bridgehead atoms. The predicted octanol–water partition coefficient (Wildman–Crippen LogP) is 5.83. The van der Waals surface area contributed by atoms with Crippen LogP contribution in [0.1, 0.15) is 11.1 Å². The first-order chi connectivity index (χ1) is 13.1. The van der Waals surface area contributed by atoms with Crippen LogP contribution in [-0.4, -0.2) is 11.7 Å². The number of amides is 1. The largest absolute Gasteiger partial charge is 0.282 e. The first-order valence-electron chi connectivity index (χ1n) is 8.34. The van der Waals surface area contributed by atoms with Crippen molar-refractivity contribution in [1.82, 2.24) is 0 Å². The van der Waals surface area contributed by atoms with E-state index in [0.29, 0.717) is 27.1 Å². The fourth-order valence-corrected chi connectivity index (χ4v) is 3.34. The van der Waals surface area contributed by atoms with E-state index in [0.717, 1.165) is 11.3 Å². The van der Waals surface area contributed by atoms with Gasteiger partial charge in [-0.1, -0.05) is 77.8 Å². The topological polar surface area (TPSA) is 32.7 Å². The maximum Gasteiger partial charge on any atom is 0.282 e. The van der Waals surface area contributed by atoms with Crippen molar-refractivity contribution in [3.05, 3.63) is 106 Å². The Bertz CT molecular complexity index is 1060. The molecule has 3 aromatic rings. The normalized spacial score (nSPS) is 15.3. The summed E-state index contributed by atoms with van der Waals surface area (Å²) < 4.78 is 0. The Hall–Kier alpha value is -2.88. The third-order valence-corrected chi connectivity index (χ3v) is 4.72. The molecule has 0 saturated heterocycles. The standard InChI is InChI=1S/C22H14Cl2N2O/c23-17-12-11-16(19(24)14-17)13-20-22(27)26(18-9-5-2-6-10-18)21(25-20)15-7-3-1-4-8-15/h1-14H/b20-13-. The number of para-hydroxylation sites is 1. The third-order valence-electron chi connectivity index (χ3n) is 4.16. The molecular weight excluding hydrogens is 379 g/mol. The first kappa shape index (κ1) is 17.5. The molecule has 1 amide bonds. The monoisotopic (exact) mass is 392 g/mol. The van der Waals surface area contributed by atoms with E-state index >= 15 is 0 Å². The van der Waals surface area contributed by atoms with Crippen LogP contribution in [0.5, 0.6) is 0 Å². The van der Waals surface area contributed by atoms with Gasteiger partial charge < -0.3 is 0 Å². The maximum absolute atomic E-state index is 13.1. The zero-order chi connectivity index (χ0) is 18.8. The van der Waals surface area contributed by atoms with Crippen LogP contribution < -0.4 is 4.90 Å². The van der Waals surface area contributed by atoms with Crippen LogP contribution in [0, 0.1) is 0 Å². The maximum atomic E-state index is 13.1. The lowest BCUT2D eigenvalue weighted by Gasteiger charge is -2.18. The van der Waals surface area contributed by atoms with Gasteiger partial charge >= 0.3 is 0 Å². The van der Waals surface area contributed by atoms with Crippen molar-refractivity contribution >= 4 is 46.7 Å². The highest BCUT2D eigenvalue weighted by atomic mass is 35.5. The SMILES string of the molecule is O=C1/C(=C/c2ccc(Cl)cc2Cl)N=C(c2ccccc2)N1c1ccccc1. The summed E-state index contributed by atoms with van der Waals surface area (Å²) in [5, 5.41) is 1.01. The lowest BCUT2D eigenvalue weighted by atomic mass is 10.1. The Kier molecular flexibility index (Phi) is 4.80. The van der Waals surface area contributed by atoms with Gasteiger partial charge in [-0.3, -0.25) is 9.69 Å². The molecule has 4 rings (SSSR count). The third kappa shape index (κ3) is 3.52. The number of carbonyl (C=O) groups is 1. The highest BCUT2D eigenvalue weighted by Gasteiger charge is 2.32. The van der Waals surface area contributed by atoms with Crippen LogP contribution in [0.15, 0.2) is 89.6 Å². The molecule has 1 aliphatic heterocycles. The summed E-state index contributed by atoms with van der Waals surface area (Å²) in [5.41, 5.74) is 2.63. The Balaban J connectivity index is 1.83. The van der Waals surface area contributed by atoms with Gasteiger partial charge in [0.05, 0.1) is 5.69 Å². The highest BCUT2D eigenvalue weighted by Crippen LogP contribution is 2.29. The smallest absolute Gasteiger partial charge is 0.266 e. The molecule has 132 valence electrons. The molecule has 1 aliphatic rings. The van der Waals surface area contributed by atoms with Crippen molar-refractivity contribution in [3.63, 3.8) is 0 Å². The van der Waals surface area contributed by atoms with Crippen molar-refractivity contribution in [1.29, 1.82) is 0 Å². The average molecular weight is 393 g/mol. The molecule has 0 aromatic heterocycles. The van der Waals surface area contributed by atoms with Gasteiger partial charge in [0, 0.05) is 15.6 Å². The molecule has 0 aliphatic carbocycles. The second-order valence-corrected chi connectivity index (χ2v) is 6.82. The Morgan fingerprint density at radius 2 is 1.52 bits per heavy atom. The quantitative estimate of drug-likeness (QED) is 0.516. The summed E-state index contributed by atoms with van der Waals surface area (Å²) in [5.74, 6) is 0.384. The lowest BCUT2D eigenvalue weighted by molar-refractivity contribution is -0.113. The summed E-state index contributed by atoms with van der Waals surface area (Å²) in [4.78, 5) is 19.4. The summed E-state index contributed by atoms with van der Waals surface area (Å²) in [7, 11) is 0. The van der Waals surface area contributed by atoms with Crippen molar-refractivity contribution < 1.29 is 4.79 Å². The average Bonchev–Trinajstić information content (AvgIpc) is 3.02. The van der Waals surface area contributed by atoms with E-state index in [1.54, 1.807) is 29.2 Å². The molecule has 0 N–H and O–H groups in total. The molecule has 0 spiro atoms. The van der Waals surface area contributed by atoms with Gasteiger partial charge in [-0.05, 0) is 35.9 Å². The highest BCUT2D eigenvalue weighted by molar-refractivity contribution is 6.36. The number of halogens is 2. The van der Waals surface area contributed by atoms with Crippen LogP contribution in [0.2, 0.25) is 10.0 Å². The predicted molar refractivity (Wildman–Crippen MR) is 111 cm³/mol. The van der Waals surface area contributed by atoms with E-state index in [1.165, 1.54) is 0 Å². The summed E-state index contributed by atoms with van der Waals surface area (Å²) in [6.45, 7) is 0. The van der Waals surface area contributed by atoms with Crippen LogP contribution >= 0.6 is 23.2 Å². The Labute approximate surface area is 167 Å². The summed E-state index contributed by atoms with van der Waals surface area (Å²) in [6, 6.07) is 24.2. The number of aliphatic imine (C=N–C) groups is 1. The minimum Gasteiger partial charge on any atom is -0.266 e. The van der Waals surface area contributed by atoms with Gasteiger partial charge in [0.1, 0.15) is 11.5 Å². The zero-order valence-corrected chi connectivity index (χ0v) is 15.7. The van der Waals surface area contributed by atoms with Crippen LogP contribution in [-0.2, 0) is 4.79 Å². The molecule has 0 fully saturated rings. The van der Waals surface area contributed by atoms with Crippen molar-refractivity contribution in [2.75, 3.05) is 4.90 Å². The number of hydrogen-bond donors (Lipinski definition) is 0. The molecule has 0 unspecified atom stereocenters. The molecule has 5 heteroatoms. The molecule has 1 heterocycles. The van der Waals surface area contributed by atoms with Crippen molar-refractivity contribution in [2.24, 2.45) is 4.99 Å². The summed E-state index contributed by atoms with van der Waals surface area (Å²) in [6.07, 6.45) is 1.69. The minimum absolute atomic E-state index is 0.203. The van der Waals surface area contributed by atoms with Crippen LogP contribution in [0.3, 0.4) is 0 Å². The van der Waals surface area contributed by atoms with Crippen molar-refractivity contribution in [2.45, 2.75) is 0 Å². The molecule has 0 radical (unpaired) electrons. The van der Waals surface area contributed by atoms with Crippen LogP contribution in [0.25, 0.3) is 6.08 Å². The number of carbonyl (C=O) groups excluding carboxylic acids is 1. The number of rotatable bonds is 3. The van der Waals surface area contributed by atoms with Crippen LogP contribution in [0.4, 0.5) is 5.69 Å². The van der Waals surface area contributed by atoms with E-state index in [2.05, 4.69) is 4.99 Å². The Morgan fingerprint density at radius 3 is 2.19 bits per heavy atom. The van der Waals surface area contributed by atoms with E-state index in [9.17, 15) is 4.79 Å². The molecule has 27 heavy (non-hydrogen) atoms. The lowest BCUT2D eigenvalue weighted by Crippen LogP contribution is -2.32. The van der Waals surface area contributed by atoms with Crippen molar-refractivity contribution in [3.8, 4) is 0 Å². The van der Waals surface area contributed by atoms with Gasteiger partial charge in [-0.15, -0.1) is 0 Å². The number of anilines is 1. The molecule has 0 atom stereocenters. The molecule has 3 aromatic carbocycles. The summed E-state index contributed by atoms with van der Waals surface area (Å²) >= 11 is 12.2. The van der Waals surface area contributed by atoms with Gasteiger partial charge in [0.2, 0.25) is 0 Å². The second-order valence-electron chi connectivity index (χ2n) is 5.97. The molecule has 0 saturated carbocycles. The van der Waals surface area contributed by atoms with E-state index in [1.807, 2.05) is 60.7 Å². The minimum atomic E-state index is -0.203. The van der Waals surface area contributed by atoms with E-state index in [-0.39, 0.29) is 5.91 Å². The number of benzene rings is 3. The van der Waals surface area contributed by atoms with E-state index < -0.39 is 0 Å². The fourth-order valence-electron chi connectivity index (χ4n) is 2.88. The van der Waals surface area contributed by atoms with Gasteiger partial charge in [0.25, 0.3) is 5.91 Å². The first-order valence-corrected chi connectivity index (χ1v) is 9.09. The molecule has 3 nitrogen and oxygen atoms in total. The zero-order valence-electron chi connectivity index (χ0n) is 14.1. The Morgan fingerprint density at radius 1 is 0.852 bits per heavy atom. The van der Waals surface area contributed by atoms with E-state index in [4.69, 9.17) is 23.2 Å². The number of hydrogen-bond acceptors (Lipinski definition) is 2. The second kappa shape index (κ2) is 7.39. The number of nitrogens with zero attached hydrogens (tertiary/aromatic N) is 2. The van der Waals surface area contributed by atoms with Gasteiger partial charge in [0.15, 0.2) is 0 Å².